The van der Waals surface area contributed by atoms with Gasteiger partial charge in [0, 0.05) is 12.8 Å². The van der Waals surface area contributed by atoms with Crippen molar-refractivity contribution in [1.29, 1.82) is 0 Å². The summed E-state index contributed by atoms with van der Waals surface area (Å²) in [6, 6.07) is 7.78. The van der Waals surface area contributed by atoms with Crippen LogP contribution in [0.5, 0.6) is 0 Å². The lowest BCUT2D eigenvalue weighted by molar-refractivity contribution is -0.0140. The fourth-order valence-electron chi connectivity index (χ4n) is 2.78. The number of anilines is 2. The van der Waals surface area contributed by atoms with Crippen molar-refractivity contribution in [2.24, 2.45) is 0 Å². The van der Waals surface area contributed by atoms with Crippen LogP contribution in [-0.4, -0.2) is 30.4 Å². The van der Waals surface area contributed by atoms with Gasteiger partial charge in [-0.15, -0.1) is 0 Å². The summed E-state index contributed by atoms with van der Waals surface area (Å²) in [4.78, 5) is 16.7. The lowest BCUT2D eigenvalue weighted by atomic mass is 10.1. The minimum absolute atomic E-state index is 0.184. The van der Waals surface area contributed by atoms with E-state index in [0.29, 0.717) is 12.4 Å². The van der Waals surface area contributed by atoms with Crippen LogP contribution in [0.15, 0.2) is 30.5 Å². The zero-order valence-electron chi connectivity index (χ0n) is 11.4. The molecule has 0 spiro atoms. The zero-order chi connectivity index (χ0) is 14.2. The molecule has 4 rings (SSSR count). The third kappa shape index (κ3) is 2.08. The van der Waals surface area contributed by atoms with Crippen LogP contribution in [-0.2, 0) is 9.47 Å². The van der Waals surface area contributed by atoms with E-state index in [1.54, 1.807) is 6.20 Å². The number of pyridine rings is 1. The van der Waals surface area contributed by atoms with Gasteiger partial charge in [0.25, 0.3) is 0 Å². The second-order valence-corrected chi connectivity index (χ2v) is 5.21. The molecule has 1 aromatic heterocycles. The molecule has 6 nitrogen and oxygen atoms in total. The van der Waals surface area contributed by atoms with Crippen LogP contribution in [0.25, 0.3) is 10.8 Å². The Bertz CT molecular complexity index is 692. The Kier molecular flexibility index (Phi) is 2.89. The standard InChI is InChI=1S/C15H15N3O3/c19-15(21-11-4-2-8-20-9-11)18-14-13-10(6-7-16-14)3-1-5-12(13)17-18/h1,3,5-7,11,17H,2,4,8-9H2. The van der Waals surface area contributed by atoms with Gasteiger partial charge in [-0.2, -0.15) is 5.01 Å². The van der Waals surface area contributed by atoms with E-state index in [1.807, 2.05) is 24.3 Å². The molecular formula is C15H15N3O3. The lowest BCUT2D eigenvalue weighted by Gasteiger charge is -2.25. The number of amides is 1. The Hall–Kier alpha value is -2.34. The molecule has 2 aliphatic rings. The Morgan fingerprint density at radius 1 is 1.43 bits per heavy atom. The highest BCUT2D eigenvalue weighted by Gasteiger charge is 2.30. The highest BCUT2D eigenvalue weighted by molar-refractivity contribution is 6.11. The van der Waals surface area contributed by atoms with E-state index in [4.69, 9.17) is 9.47 Å². The predicted octanol–water partition coefficient (Wildman–Crippen LogP) is 2.70. The van der Waals surface area contributed by atoms with Gasteiger partial charge in [-0.1, -0.05) is 12.1 Å². The van der Waals surface area contributed by atoms with Crippen molar-refractivity contribution in [2.45, 2.75) is 18.9 Å². The second kappa shape index (κ2) is 4.89. The van der Waals surface area contributed by atoms with Crippen LogP contribution in [0.3, 0.4) is 0 Å². The third-order valence-corrected chi connectivity index (χ3v) is 3.78. The molecule has 6 heteroatoms. The number of carbonyl (C=O) groups is 1. The maximum atomic E-state index is 12.4. The van der Waals surface area contributed by atoms with E-state index in [9.17, 15) is 4.79 Å². The molecule has 21 heavy (non-hydrogen) atoms. The number of hydrogen-bond acceptors (Lipinski definition) is 5. The normalized spacial score (nSPS) is 20.4. The maximum Gasteiger partial charge on any atom is 0.435 e. The molecule has 0 bridgehead atoms. The van der Waals surface area contributed by atoms with Gasteiger partial charge >= 0.3 is 6.09 Å². The quantitative estimate of drug-likeness (QED) is 0.872. The fraction of sp³-hybridized carbons (Fsp3) is 0.333. The Labute approximate surface area is 121 Å². The molecular weight excluding hydrogens is 270 g/mol. The lowest BCUT2D eigenvalue weighted by Crippen LogP contribution is -2.39. The SMILES string of the molecule is O=C(OC1CCCOC1)N1Nc2cccc3ccnc1c23. The first-order chi connectivity index (χ1) is 10.3. The average molecular weight is 285 g/mol. The number of hydrogen-bond donors (Lipinski definition) is 1. The minimum Gasteiger partial charge on any atom is -0.442 e. The number of benzene rings is 1. The minimum atomic E-state index is -0.443. The number of hydrazine groups is 1. The smallest absolute Gasteiger partial charge is 0.435 e. The first kappa shape index (κ1) is 12.4. The first-order valence-corrected chi connectivity index (χ1v) is 7.06. The third-order valence-electron chi connectivity index (χ3n) is 3.78. The van der Waals surface area contributed by atoms with E-state index >= 15 is 0 Å². The van der Waals surface area contributed by atoms with Crippen molar-refractivity contribution in [1.82, 2.24) is 4.98 Å². The summed E-state index contributed by atoms with van der Waals surface area (Å²) >= 11 is 0. The number of aromatic nitrogens is 1. The van der Waals surface area contributed by atoms with Crippen LogP contribution in [0.2, 0.25) is 0 Å². The highest BCUT2D eigenvalue weighted by atomic mass is 16.6. The fourth-order valence-corrected chi connectivity index (χ4v) is 2.78. The van der Waals surface area contributed by atoms with Gasteiger partial charge in [-0.05, 0) is 30.4 Å². The van der Waals surface area contributed by atoms with Gasteiger partial charge in [0.15, 0.2) is 5.82 Å². The summed E-state index contributed by atoms with van der Waals surface area (Å²) in [5.74, 6) is 0.588. The van der Waals surface area contributed by atoms with Gasteiger partial charge in [0.2, 0.25) is 0 Å². The topological polar surface area (TPSA) is 63.7 Å². The van der Waals surface area contributed by atoms with E-state index in [-0.39, 0.29) is 6.10 Å². The molecule has 1 fully saturated rings. The Morgan fingerprint density at radius 3 is 3.24 bits per heavy atom. The molecule has 1 unspecified atom stereocenters. The molecule has 1 atom stereocenters. The zero-order valence-corrected chi connectivity index (χ0v) is 11.4. The predicted molar refractivity (Wildman–Crippen MR) is 78.2 cm³/mol. The first-order valence-electron chi connectivity index (χ1n) is 7.06. The molecule has 1 N–H and O–H groups in total. The van der Waals surface area contributed by atoms with Crippen LogP contribution in [0.4, 0.5) is 16.3 Å². The highest BCUT2D eigenvalue weighted by Crippen LogP contribution is 2.37. The molecule has 0 radical (unpaired) electrons. The van der Waals surface area contributed by atoms with Gasteiger partial charge in [0.1, 0.15) is 6.10 Å². The van der Waals surface area contributed by atoms with Crippen LogP contribution in [0, 0.1) is 0 Å². The summed E-state index contributed by atoms with van der Waals surface area (Å²) in [6.07, 6.45) is 2.82. The molecule has 2 aromatic rings. The van der Waals surface area contributed by atoms with Gasteiger partial charge in [0.05, 0.1) is 17.7 Å². The number of carbonyl (C=O) groups excluding carboxylic acids is 1. The molecule has 1 aromatic carbocycles. The molecule has 1 amide bonds. The second-order valence-electron chi connectivity index (χ2n) is 5.21. The molecule has 0 saturated carbocycles. The number of rotatable bonds is 1. The average Bonchev–Trinajstić information content (AvgIpc) is 2.90. The molecule has 0 aliphatic carbocycles. The van der Waals surface area contributed by atoms with Crippen molar-refractivity contribution in [2.75, 3.05) is 23.6 Å². The molecule has 2 aliphatic heterocycles. The summed E-state index contributed by atoms with van der Waals surface area (Å²) in [6.45, 7) is 1.20. The van der Waals surface area contributed by atoms with Gasteiger partial charge in [-0.3, -0.25) is 5.43 Å². The molecule has 3 heterocycles. The molecule has 1 saturated heterocycles. The van der Waals surface area contributed by atoms with E-state index < -0.39 is 6.09 Å². The van der Waals surface area contributed by atoms with Crippen molar-refractivity contribution in [3.63, 3.8) is 0 Å². The largest absolute Gasteiger partial charge is 0.442 e. The monoisotopic (exact) mass is 285 g/mol. The number of nitrogens with zero attached hydrogens (tertiary/aromatic N) is 2. The van der Waals surface area contributed by atoms with E-state index in [0.717, 1.165) is 35.9 Å². The van der Waals surface area contributed by atoms with Crippen LogP contribution >= 0.6 is 0 Å². The Balaban J connectivity index is 1.60. The van der Waals surface area contributed by atoms with Crippen molar-refractivity contribution < 1.29 is 14.3 Å². The summed E-state index contributed by atoms with van der Waals surface area (Å²) in [5, 5.41) is 3.35. The molecule has 108 valence electrons. The number of nitrogens with one attached hydrogen (secondary N) is 1. The summed E-state index contributed by atoms with van der Waals surface area (Å²) in [7, 11) is 0. The summed E-state index contributed by atoms with van der Waals surface area (Å²) < 4.78 is 10.8. The van der Waals surface area contributed by atoms with Gasteiger partial charge < -0.3 is 9.47 Å². The van der Waals surface area contributed by atoms with Gasteiger partial charge in [-0.25, -0.2) is 9.78 Å². The maximum absolute atomic E-state index is 12.4. The van der Waals surface area contributed by atoms with E-state index in [1.165, 1.54) is 5.01 Å². The Morgan fingerprint density at radius 2 is 2.38 bits per heavy atom. The van der Waals surface area contributed by atoms with Crippen molar-refractivity contribution in [3.05, 3.63) is 30.5 Å². The van der Waals surface area contributed by atoms with Crippen molar-refractivity contribution in [3.8, 4) is 0 Å². The van der Waals surface area contributed by atoms with E-state index in [2.05, 4.69) is 10.4 Å². The number of ether oxygens (including phenoxy) is 2. The van der Waals surface area contributed by atoms with Crippen molar-refractivity contribution >= 4 is 28.4 Å². The summed E-state index contributed by atoms with van der Waals surface area (Å²) in [5.41, 5.74) is 3.92. The van der Waals surface area contributed by atoms with Crippen LogP contribution < -0.4 is 10.4 Å². The van der Waals surface area contributed by atoms with Crippen LogP contribution in [0.1, 0.15) is 12.8 Å².